The molecule has 116 valence electrons. The molecule has 6 nitrogen and oxygen atoms in total. The van der Waals surface area contributed by atoms with Crippen LogP contribution in [0.4, 0.5) is 0 Å². The van der Waals surface area contributed by atoms with E-state index in [0.717, 1.165) is 4.88 Å². The molecule has 1 aliphatic heterocycles. The third-order valence-corrected chi connectivity index (χ3v) is 5.12. The Morgan fingerprint density at radius 3 is 2.95 bits per heavy atom. The SMILES string of the molecule is CS(=O)(=O)CCCNC(=O)[C@@H]1CC(c2ccc(Cl)s2)=NO1. The van der Waals surface area contributed by atoms with Gasteiger partial charge in [-0.25, -0.2) is 8.42 Å². The van der Waals surface area contributed by atoms with Gasteiger partial charge in [0.25, 0.3) is 5.91 Å². The van der Waals surface area contributed by atoms with Gasteiger partial charge in [-0.3, -0.25) is 4.79 Å². The second kappa shape index (κ2) is 6.76. The molecule has 0 aliphatic carbocycles. The fourth-order valence-corrected chi connectivity index (χ4v) is 3.49. The van der Waals surface area contributed by atoms with Crippen LogP contribution in [0.2, 0.25) is 4.34 Å². The van der Waals surface area contributed by atoms with Gasteiger partial charge in [0.05, 0.1) is 15.0 Å². The van der Waals surface area contributed by atoms with Crippen molar-refractivity contribution < 1.29 is 18.0 Å². The molecular formula is C12H15ClN2O4S2. The highest BCUT2D eigenvalue weighted by atomic mass is 35.5. The summed E-state index contributed by atoms with van der Waals surface area (Å²) in [7, 11) is -3.00. The summed E-state index contributed by atoms with van der Waals surface area (Å²) in [4.78, 5) is 17.9. The largest absolute Gasteiger partial charge is 0.382 e. The molecule has 0 unspecified atom stereocenters. The van der Waals surface area contributed by atoms with Crippen LogP contribution >= 0.6 is 22.9 Å². The van der Waals surface area contributed by atoms with Crippen molar-refractivity contribution in [2.75, 3.05) is 18.6 Å². The van der Waals surface area contributed by atoms with Crippen LogP contribution in [-0.2, 0) is 19.5 Å². The van der Waals surface area contributed by atoms with E-state index >= 15 is 0 Å². The lowest BCUT2D eigenvalue weighted by Crippen LogP contribution is -2.35. The van der Waals surface area contributed by atoms with Crippen molar-refractivity contribution in [3.05, 3.63) is 21.3 Å². The van der Waals surface area contributed by atoms with E-state index in [1.807, 2.05) is 6.07 Å². The van der Waals surface area contributed by atoms with Crippen LogP contribution in [0.1, 0.15) is 17.7 Å². The number of hydrogen-bond donors (Lipinski definition) is 1. The number of hydrogen-bond acceptors (Lipinski definition) is 6. The average molecular weight is 351 g/mol. The Morgan fingerprint density at radius 2 is 2.33 bits per heavy atom. The highest BCUT2D eigenvalue weighted by Crippen LogP contribution is 2.26. The minimum Gasteiger partial charge on any atom is -0.382 e. The van der Waals surface area contributed by atoms with Crippen LogP contribution in [-0.4, -0.2) is 44.7 Å². The maximum atomic E-state index is 11.9. The van der Waals surface area contributed by atoms with Crippen LogP contribution in [0.3, 0.4) is 0 Å². The normalized spacial score (nSPS) is 18.2. The standard InChI is InChI=1S/C12H15ClN2O4S2/c1-21(17,18)6-2-5-14-12(16)9-7-8(15-19-9)10-3-4-11(13)20-10/h3-4,9H,2,5-7H2,1H3,(H,14,16)/t9-/m0/s1. The van der Waals surface area contributed by atoms with Crippen molar-refractivity contribution in [2.24, 2.45) is 5.16 Å². The van der Waals surface area contributed by atoms with Gasteiger partial charge in [0.1, 0.15) is 15.5 Å². The monoisotopic (exact) mass is 350 g/mol. The summed E-state index contributed by atoms with van der Waals surface area (Å²) in [5.74, 6) is -0.237. The van der Waals surface area contributed by atoms with Gasteiger partial charge >= 0.3 is 0 Å². The van der Waals surface area contributed by atoms with Crippen LogP contribution in [0.5, 0.6) is 0 Å². The topological polar surface area (TPSA) is 84.8 Å². The number of rotatable bonds is 6. The Labute approximate surface area is 132 Å². The molecule has 1 aromatic rings. The van der Waals surface area contributed by atoms with Crippen molar-refractivity contribution in [1.82, 2.24) is 5.32 Å². The summed E-state index contributed by atoms with van der Waals surface area (Å²) < 4.78 is 22.6. The van der Waals surface area contributed by atoms with Crippen LogP contribution in [0.25, 0.3) is 0 Å². The molecule has 2 rings (SSSR count). The van der Waals surface area contributed by atoms with E-state index in [0.29, 0.717) is 29.4 Å². The number of amides is 1. The Morgan fingerprint density at radius 1 is 1.57 bits per heavy atom. The van der Waals surface area contributed by atoms with E-state index in [9.17, 15) is 13.2 Å². The van der Waals surface area contributed by atoms with E-state index in [2.05, 4.69) is 10.5 Å². The molecule has 9 heteroatoms. The molecule has 21 heavy (non-hydrogen) atoms. The molecule has 0 spiro atoms. The van der Waals surface area contributed by atoms with Gasteiger partial charge in [0, 0.05) is 19.2 Å². The lowest BCUT2D eigenvalue weighted by molar-refractivity contribution is -0.131. The maximum Gasteiger partial charge on any atom is 0.264 e. The lowest BCUT2D eigenvalue weighted by Gasteiger charge is -2.08. The zero-order valence-electron chi connectivity index (χ0n) is 11.3. The van der Waals surface area contributed by atoms with E-state index in [-0.39, 0.29) is 11.7 Å². The predicted molar refractivity (Wildman–Crippen MR) is 82.7 cm³/mol. The first-order valence-electron chi connectivity index (χ1n) is 6.29. The first-order chi connectivity index (χ1) is 9.85. The number of oxime groups is 1. The minimum atomic E-state index is -3.00. The average Bonchev–Trinajstić information content (AvgIpc) is 3.01. The van der Waals surface area contributed by atoms with Crippen LogP contribution < -0.4 is 5.32 Å². The van der Waals surface area contributed by atoms with Gasteiger partial charge < -0.3 is 10.2 Å². The lowest BCUT2D eigenvalue weighted by atomic mass is 10.1. The molecule has 0 bridgehead atoms. The van der Waals surface area contributed by atoms with Gasteiger partial charge in [0.2, 0.25) is 6.10 Å². The van der Waals surface area contributed by atoms with E-state index in [1.165, 1.54) is 17.6 Å². The van der Waals surface area contributed by atoms with E-state index in [4.69, 9.17) is 16.4 Å². The number of carbonyl (C=O) groups excluding carboxylic acids is 1. The number of nitrogens with zero attached hydrogens (tertiary/aromatic N) is 1. The van der Waals surface area contributed by atoms with Gasteiger partial charge in [-0.1, -0.05) is 16.8 Å². The minimum absolute atomic E-state index is 0.0498. The molecule has 1 N–H and O–H groups in total. The van der Waals surface area contributed by atoms with Crippen LogP contribution in [0.15, 0.2) is 17.3 Å². The van der Waals surface area contributed by atoms with Gasteiger partial charge in [0.15, 0.2) is 0 Å². The third kappa shape index (κ3) is 4.98. The molecule has 0 aromatic carbocycles. The summed E-state index contributed by atoms with van der Waals surface area (Å²) in [5, 5.41) is 6.55. The number of halogens is 1. The number of sulfone groups is 1. The van der Waals surface area contributed by atoms with Gasteiger partial charge in [-0.15, -0.1) is 11.3 Å². The second-order valence-corrected chi connectivity index (χ2v) is 8.69. The van der Waals surface area contributed by atoms with Gasteiger partial charge in [-0.2, -0.15) is 0 Å². The molecule has 1 aromatic heterocycles. The molecule has 0 saturated heterocycles. The fraction of sp³-hybridized carbons (Fsp3) is 0.500. The van der Waals surface area contributed by atoms with Crippen molar-refractivity contribution in [1.29, 1.82) is 0 Å². The van der Waals surface area contributed by atoms with Crippen molar-refractivity contribution in [2.45, 2.75) is 18.9 Å². The highest BCUT2D eigenvalue weighted by Gasteiger charge is 2.29. The summed E-state index contributed by atoms with van der Waals surface area (Å²) in [6, 6.07) is 3.60. The summed E-state index contributed by atoms with van der Waals surface area (Å²) in [5.41, 5.74) is 0.697. The number of nitrogens with one attached hydrogen (secondary N) is 1. The van der Waals surface area contributed by atoms with Gasteiger partial charge in [-0.05, 0) is 18.6 Å². The fourth-order valence-electron chi connectivity index (χ4n) is 1.79. The zero-order valence-corrected chi connectivity index (χ0v) is 13.7. The maximum absolute atomic E-state index is 11.9. The molecular weight excluding hydrogens is 336 g/mol. The van der Waals surface area contributed by atoms with E-state index in [1.54, 1.807) is 6.07 Å². The number of thiophene rings is 1. The zero-order chi connectivity index (χ0) is 15.5. The molecule has 1 aliphatic rings. The summed E-state index contributed by atoms with van der Waals surface area (Å²) in [6.07, 6.45) is 1.26. The highest BCUT2D eigenvalue weighted by molar-refractivity contribution is 7.90. The first kappa shape index (κ1) is 16.3. The van der Waals surface area contributed by atoms with Crippen molar-refractivity contribution >= 4 is 44.4 Å². The van der Waals surface area contributed by atoms with Crippen molar-refractivity contribution in [3.8, 4) is 0 Å². The molecule has 0 saturated carbocycles. The molecule has 0 radical (unpaired) electrons. The van der Waals surface area contributed by atoms with E-state index < -0.39 is 15.9 Å². The Kier molecular flexibility index (Phi) is 5.23. The predicted octanol–water partition coefficient (Wildman–Crippen LogP) is 1.45. The molecule has 1 atom stereocenters. The first-order valence-corrected chi connectivity index (χ1v) is 9.54. The summed E-state index contributed by atoms with van der Waals surface area (Å²) >= 11 is 7.23. The van der Waals surface area contributed by atoms with Crippen molar-refractivity contribution in [3.63, 3.8) is 0 Å². The Bertz CT molecular complexity index is 654. The van der Waals surface area contributed by atoms with Crippen LogP contribution in [0, 0.1) is 0 Å². The quantitative estimate of drug-likeness (QED) is 0.787. The summed E-state index contributed by atoms with van der Waals surface area (Å²) in [6.45, 7) is 0.298. The smallest absolute Gasteiger partial charge is 0.264 e. The molecule has 2 heterocycles. The third-order valence-electron chi connectivity index (χ3n) is 2.81. The number of carbonyl (C=O) groups is 1. The Balaban J connectivity index is 1.76. The Hall–Kier alpha value is -1.12. The molecule has 0 fully saturated rings. The second-order valence-electron chi connectivity index (χ2n) is 4.71. The molecule has 1 amide bonds.